The number of nitrogens with zero attached hydrogens (tertiary/aromatic N) is 2. The van der Waals surface area contributed by atoms with Crippen molar-refractivity contribution in [1.29, 1.82) is 0 Å². The van der Waals surface area contributed by atoms with Crippen molar-refractivity contribution in [3.63, 3.8) is 0 Å². The third-order valence-electron chi connectivity index (χ3n) is 4.51. The van der Waals surface area contributed by atoms with Gasteiger partial charge < -0.3 is 14.8 Å². The zero-order valence-corrected chi connectivity index (χ0v) is 16.5. The highest BCUT2D eigenvalue weighted by Crippen LogP contribution is 2.38. The van der Waals surface area contributed by atoms with E-state index in [0.29, 0.717) is 17.2 Å². The molecule has 2 amide bonds. The predicted molar refractivity (Wildman–Crippen MR) is 107 cm³/mol. The topological polar surface area (TPSA) is 111 Å². The van der Waals surface area contributed by atoms with Crippen LogP contribution in [0.1, 0.15) is 19.4 Å². The first kappa shape index (κ1) is 20.1. The number of hydrogen-bond acceptors (Lipinski definition) is 6. The zero-order chi connectivity index (χ0) is 21.3. The molecular weight excluding hydrogens is 378 g/mol. The molecule has 9 heteroatoms. The van der Waals surface area contributed by atoms with Crippen LogP contribution in [0.5, 0.6) is 11.5 Å². The molecule has 0 bridgehead atoms. The number of anilines is 2. The van der Waals surface area contributed by atoms with Gasteiger partial charge in [0.2, 0.25) is 5.91 Å². The largest absolute Gasteiger partial charge is 0.496 e. The van der Waals surface area contributed by atoms with Gasteiger partial charge >= 0.3 is 0 Å². The highest BCUT2D eigenvalue weighted by molar-refractivity contribution is 6.08. The van der Waals surface area contributed by atoms with Crippen molar-refractivity contribution in [3.05, 3.63) is 52.1 Å². The molecule has 1 heterocycles. The Bertz CT molecular complexity index is 1000. The van der Waals surface area contributed by atoms with Gasteiger partial charge in [0.15, 0.2) is 5.60 Å². The van der Waals surface area contributed by atoms with Crippen LogP contribution in [-0.4, -0.2) is 36.0 Å². The minimum absolute atomic E-state index is 0.0187. The number of carbonyl (C=O) groups is 2. The Morgan fingerprint density at radius 3 is 2.66 bits per heavy atom. The second-order valence-corrected chi connectivity index (χ2v) is 7.16. The molecular formula is C20H21N3O6. The van der Waals surface area contributed by atoms with Crippen molar-refractivity contribution < 1.29 is 24.0 Å². The van der Waals surface area contributed by atoms with Crippen molar-refractivity contribution in [2.24, 2.45) is 0 Å². The summed E-state index contributed by atoms with van der Waals surface area (Å²) in [6.45, 7) is 4.80. The third-order valence-corrected chi connectivity index (χ3v) is 4.51. The summed E-state index contributed by atoms with van der Waals surface area (Å²) >= 11 is 0. The van der Waals surface area contributed by atoms with Gasteiger partial charge in [-0.3, -0.25) is 24.6 Å². The molecule has 0 aromatic heterocycles. The number of nitrogens with one attached hydrogen (secondary N) is 1. The molecule has 0 spiro atoms. The second-order valence-electron chi connectivity index (χ2n) is 7.16. The van der Waals surface area contributed by atoms with Gasteiger partial charge in [-0.15, -0.1) is 0 Å². The molecule has 0 radical (unpaired) electrons. The Labute approximate surface area is 167 Å². The van der Waals surface area contributed by atoms with E-state index in [1.807, 2.05) is 13.0 Å². The van der Waals surface area contributed by atoms with Crippen LogP contribution in [-0.2, 0) is 9.59 Å². The van der Waals surface area contributed by atoms with E-state index in [1.165, 1.54) is 30.2 Å². The lowest BCUT2D eigenvalue weighted by molar-refractivity contribution is -0.384. The Morgan fingerprint density at radius 2 is 2.00 bits per heavy atom. The molecule has 1 N–H and O–H groups in total. The standard InChI is InChI=1S/C20H21N3O6/c1-12-5-8-17-16(9-12)22(19(25)20(2,3)29-17)11-18(24)21-14-7-6-13(28-4)10-15(14)23(26)27/h5-10H,11H2,1-4H3,(H,21,24). The normalized spacial score (nSPS) is 14.6. The van der Waals surface area contributed by atoms with E-state index in [4.69, 9.17) is 9.47 Å². The number of nitro benzene ring substituents is 1. The molecule has 9 nitrogen and oxygen atoms in total. The summed E-state index contributed by atoms with van der Waals surface area (Å²) in [5.41, 5.74) is -0.0492. The molecule has 0 saturated carbocycles. The van der Waals surface area contributed by atoms with Gasteiger partial charge in [-0.1, -0.05) is 6.07 Å². The number of nitro groups is 1. The van der Waals surface area contributed by atoms with Crippen LogP contribution in [0.4, 0.5) is 17.1 Å². The maximum absolute atomic E-state index is 12.9. The molecule has 152 valence electrons. The first-order valence-electron chi connectivity index (χ1n) is 8.86. The minimum atomic E-state index is -1.14. The summed E-state index contributed by atoms with van der Waals surface area (Å²) in [5, 5.41) is 13.8. The fourth-order valence-corrected chi connectivity index (χ4v) is 3.06. The predicted octanol–water partition coefficient (Wildman–Crippen LogP) is 3.05. The van der Waals surface area contributed by atoms with Crippen LogP contribution in [0.25, 0.3) is 0 Å². The molecule has 1 aliphatic heterocycles. The third kappa shape index (κ3) is 3.98. The molecule has 0 unspecified atom stereocenters. The zero-order valence-electron chi connectivity index (χ0n) is 16.5. The number of benzene rings is 2. The number of amides is 2. The van der Waals surface area contributed by atoms with Gasteiger partial charge in [-0.2, -0.15) is 0 Å². The Kier molecular flexibility index (Phi) is 5.15. The number of ether oxygens (including phenoxy) is 2. The van der Waals surface area contributed by atoms with E-state index in [0.717, 1.165) is 5.56 Å². The first-order chi connectivity index (χ1) is 13.6. The molecule has 0 aliphatic carbocycles. The number of aryl methyl sites for hydroxylation is 1. The highest BCUT2D eigenvalue weighted by atomic mass is 16.6. The van der Waals surface area contributed by atoms with Crippen molar-refractivity contribution in [1.82, 2.24) is 0 Å². The lowest BCUT2D eigenvalue weighted by Crippen LogP contribution is -2.54. The summed E-state index contributed by atoms with van der Waals surface area (Å²) in [7, 11) is 1.39. The molecule has 29 heavy (non-hydrogen) atoms. The average molecular weight is 399 g/mol. The fourth-order valence-electron chi connectivity index (χ4n) is 3.06. The summed E-state index contributed by atoms with van der Waals surface area (Å²) in [4.78, 5) is 37.6. The van der Waals surface area contributed by atoms with E-state index in [-0.39, 0.29) is 23.8 Å². The van der Waals surface area contributed by atoms with E-state index in [9.17, 15) is 19.7 Å². The molecule has 1 aliphatic rings. The van der Waals surface area contributed by atoms with Crippen molar-refractivity contribution >= 4 is 28.9 Å². The lowest BCUT2D eigenvalue weighted by atomic mass is 10.0. The van der Waals surface area contributed by atoms with Crippen molar-refractivity contribution in [3.8, 4) is 11.5 Å². The molecule has 2 aromatic rings. The number of rotatable bonds is 5. The number of methoxy groups -OCH3 is 1. The van der Waals surface area contributed by atoms with Crippen LogP contribution in [0.2, 0.25) is 0 Å². The van der Waals surface area contributed by atoms with Gasteiger partial charge in [0.05, 0.1) is 23.8 Å². The maximum atomic E-state index is 12.9. The SMILES string of the molecule is COc1ccc(NC(=O)CN2C(=O)C(C)(C)Oc3ccc(C)cc32)c([N+](=O)[O-])c1. The summed E-state index contributed by atoms with van der Waals surface area (Å²) in [6.07, 6.45) is 0. The van der Waals surface area contributed by atoms with Crippen LogP contribution < -0.4 is 19.7 Å². The molecule has 0 atom stereocenters. The smallest absolute Gasteiger partial charge is 0.296 e. The number of hydrogen-bond donors (Lipinski definition) is 1. The van der Waals surface area contributed by atoms with Crippen molar-refractivity contribution in [2.45, 2.75) is 26.4 Å². The summed E-state index contributed by atoms with van der Waals surface area (Å²) < 4.78 is 10.8. The minimum Gasteiger partial charge on any atom is -0.496 e. The Balaban J connectivity index is 1.88. The second kappa shape index (κ2) is 7.42. The lowest BCUT2D eigenvalue weighted by Gasteiger charge is -2.38. The van der Waals surface area contributed by atoms with E-state index in [1.54, 1.807) is 26.0 Å². The van der Waals surface area contributed by atoms with E-state index >= 15 is 0 Å². The molecule has 3 rings (SSSR count). The Hall–Kier alpha value is -3.62. The maximum Gasteiger partial charge on any atom is 0.296 e. The van der Waals surface area contributed by atoms with Crippen LogP contribution in [0.3, 0.4) is 0 Å². The summed E-state index contributed by atoms with van der Waals surface area (Å²) in [6, 6.07) is 9.47. The van der Waals surface area contributed by atoms with Gasteiger partial charge in [0.25, 0.3) is 11.6 Å². The number of fused-ring (bicyclic) bond motifs is 1. The number of carbonyl (C=O) groups excluding carboxylic acids is 2. The summed E-state index contributed by atoms with van der Waals surface area (Å²) in [5.74, 6) is -0.167. The van der Waals surface area contributed by atoms with Crippen molar-refractivity contribution in [2.75, 3.05) is 23.9 Å². The van der Waals surface area contributed by atoms with E-state index in [2.05, 4.69) is 5.32 Å². The highest BCUT2D eigenvalue weighted by Gasteiger charge is 2.41. The fraction of sp³-hybridized carbons (Fsp3) is 0.300. The molecule has 2 aromatic carbocycles. The Morgan fingerprint density at radius 1 is 1.28 bits per heavy atom. The van der Waals surface area contributed by atoms with Gasteiger partial charge in [0, 0.05) is 0 Å². The van der Waals surface area contributed by atoms with Gasteiger partial charge in [-0.05, 0) is 50.6 Å². The molecule has 0 saturated heterocycles. The monoisotopic (exact) mass is 399 g/mol. The van der Waals surface area contributed by atoms with Crippen LogP contribution in [0, 0.1) is 17.0 Å². The first-order valence-corrected chi connectivity index (χ1v) is 8.86. The van der Waals surface area contributed by atoms with Gasteiger partial charge in [0.1, 0.15) is 23.7 Å². The van der Waals surface area contributed by atoms with Gasteiger partial charge in [-0.25, -0.2) is 0 Å². The average Bonchev–Trinajstić information content (AvgIpc) is 2.66. The quantitative estimate of drug-likeness (QED) is 0.611. The van der Waals surface area contributed by atoms with Crippen LogP contribution >= 0.6 is 0 Å². The van der Waals surface area contributed by atoms with E-state index < -0.39 is 16.4 Å². The van der Waals surface area contributed by atoms with Crippen LogP contribution in [0.15, 0.2) is 36.4 Å². The molecule has 0 fully saturated rings.